The number of ether oxygens (including phenoxy) is 3. The lowest BCUT2D eigenvalue weighted by Crippen LogP contribution is -2.41. The van der Waals surface area contributed by atoms with Crippen LogP contribution in [0.1, 0.15) is 19.8 Å². The molecule has 1 aromatic carbocycles. The van der Waals surface area contributed by atoms with Crippen LogP contribution in [0.25, 0.3) is 0 Å². The Bertz CT molecular complexity index is 617. The fourth-order valence-electron chi connectivity index (χ4n) is 2.79. The summed E-state index contributed by atoms with van der Waals surface area (Å²) in [5, 5.41) is 0. The van der Waals surface area contributed by atoms with Crippen molar-refractivity contribution in [1.29, 1.82) is 0 Å². The predicted octanol–water partition coefficient (Wildman–Crippen LogP) is 2.14. The quantitative estimate of drug-likeness (QED) is 0.759. The lowest BCUT2D eigenvalue weighted by molar-refractivity contribution is 0.0864. The topological polar surface area (TPSA) is 65.1 Å². The molecule has 23 heavy (non-hydrogen) atoms. The van der Waals surface area contributed by atoms with Crippen LogP contribution < -0.4 is 9.47 Å². The molecule has 0 aliphatic carbocycles. The molecular formula is C16H25NO5S. The first-order chi connectivity index (χ1) is 11.0. The van der Waals surface area contributed by atoms with Crippen LogP contribution in [0.3, 0.4) is 0 Å². The highest BCUT2D eigenvalue weighted by molar-refractivity contribution is 7.89. The van der Waals surface area contributed by atoms with Gasteiger partial charge in [-0.25, -0.2) is 8.42 Å². The van der Waals surface area contributed by atoms with Crippen LogP contribution in [-0.2, 0) is 14.8 Å². The Morgan fingerprint density at radius 3 is 2.61 bits per heavy atom. The zero-order valence-electron chi connectivity index (χ0n) is 13.9. The van der Waals surface area contributed by atoms with E-state index in [-0.39, 0.29) is 10.8 Å². The predicted molar refractivity (Wildman–Crippen MR) is 87.5 cm³/mol. The van der Waals surface area contributed by atoms with Crippen molar-refractivity contribution >= 4 is 10.0 Å². The molecule has 6 nitrogen and oxygen atoms in total. The zero-order valence-corrected chi connectivity index (χ0v) is 14.8. The Kier molecular flexibility index (Phi) is 6.26. The summed E-state index contributed by atoms with van der Waals surface area (Å²) >= 11 is 0. The standard InChI is InChI=1S/C16H25NO5S/c1-4-22-12-13-6-5-9-17(11-13)23(18,19)14-7-8-15(20-2)16(10-14)21-3/h7-8,10,13H,4-6,9,11-12H2,1-3H3. The molecule has 130 valence electrons. The highest BCUT2D eigenvalue weighted by Gasteiger charge is 2.30. The Morgan fingerprint density at radius 2 is 1.96 bits per heavy atom. The van der Waals surface area contributed by atoms with Crippen LogP contribution in [-0.4, -0.2) is 53.2 Å². The molecule has 1 heterocycles. The summed E-state index contributed by atoms with van der Waals surface area (Å²) in [5.41, 5.74) is 0. The molecule has 0 radical (unpaired) electrons. The van der Waals surface area contributed by atoms with Crippen molar-refractivity contribution in [2.75, 3.05) is 40.5 Å². The van der Waals surface area contributed by atoms with Gasteiger partial charge in [-0.3, -0.25) is 0 Å². The number of piperidine rings is 1. The number of methoxy groups -OCH3 is 2. The van der Waals surface area contributed by atoms with Gasteiger partial charge in [0.1, 0.15) is 0 Å². The van der Waals surface area contributed by atoms with Gasteiger partial charge in [0.25, 0.3) is 0 Å². The molecule has 0 N–H and O–H groups in total. The van der Waals surface area contributed by atoms with Gasteiger partial charge in [-0.2, -0.15) is 4.31 Å². The van der Waals surface area contributed by atoms with Gasteiger partial charge in [0.2, 0.25) is 10.0 Å². The first-order valence-corrected chi connectivity index (χ1v) is 9.26. The third-order valence-electron chi connectivity index (χ3n) is 4.03. The number of benzene rings is 1. The normalized spacial score (nSPS) is 19.5. The van der Waals surface area contributed by atoms with Crippen molar-refractivity contribution < 1.29 is 22.6 Å². The van der Waals surface area contributed by atoms with Crippen LogP contribution in [0.4, 0.5) is 0 Å². The van der Waals surface area contributed by atoms with Gasteiger partial charge >= 0.3 is 0 Å². The summed E-state index contributed by atoms with van der Waals surface area (Å²) in [6.07, 6.45) is 1.85. The van der Waals surface area contributed by atoms with E-state index < -0.39 is 10.0 Å². The fraction of sp³-hybridized carbons (Fsp3) is 0.625. The lowest BCUT2D eigenvalue weighted by atomic mass is 10.0. The second kappa shape index (κ2) is 7.99. The van der Waals surface area contributed by atoms with Crippen LogP contribution in [0.5, 0.6) is 11.5 Å². The Hall–Kier alpha value is -1.31. The van der Waals surface area contributed by atoms with Crippen LogP contribution in [0, 0.1) is 5.92 Å². The van der Waals surface area contributed by atoms with E-state index in [2.05, 4.69) is 0 Å². The number of sulfonamides is 1. The van der Waals surface area contributed by atoms with Crippen LogP contribution in [0.15, 0.2) is 23.1 Å². The SMILES string of the molecule is CCOCC1CCCN(S(=O)(=O)c2ccc(OC)c(OC)c2)C1. The third kappa shape index (κ3) is 4.16. The van der Waals surface area contributed by atoms with Crippen LogP contribution >= 0.6 is 0 Å². The van der Waals surface area contributed by atoms with E-state index in [1.807, 2.05) is 6.92 Å². The van der Waals surface area contributed by atoms with Gasteiger partial charge in [0.05, 0.1) is 25.7 Å². The minimum absolute atomic E-state index is 0.229. The van der Waals surface area contributed by atoms with E-state index in [9.17, 15) is 8.42 Å². The summed E-state index contributed by atoms with van der Waals surface area (Å²) in [6, 6.07) is 4.69. The Labute approximate surface area is 138 Å². The van der Waals surface area contributed by atoms with E-state index in [0.29, 0.717) is 37.8 Å². The molecule has 1 aliphatic heterocycles. The van der Waals surface area contributed by atoms with Gasteiger partial charge in [-0.15, -0.1) is 0 Å². The maximum Gasteiger partial charge on any atom is 0.243 e. The molecule has 0 amide bonds. The molecule has 1 saturated heterocycles. The summed E-state index contributed by atoms with van der Waals surface area (Å²) < 4.78 is 43.1. The molecule has 0 saturated carbocycles. The van der Waals surface area contributed by atoms with Gasteiger partial charge in [0.15, 0.2) is 11.5 Å². The number of hydrogen-bond donors (Lipinski definition) is 0. The summed E-state index contributed by atoms with van der Waals surface area (Å²) in [6.45, 7) is 4.24. The first kappa shape index (κ1) is 18.0. The van der Waals surface area contributed by atoms with Crippen LogP contribution in [0.2, 0.25) is 0 Å². The van der Waals surface area contributed by atoms with E-state index in [1.165, 1.54) is 20.3 Å². The van der Waals surface area contributed by atoms with Gasteiger partial charge in [0, 0.05) is 25.8 Å². The first-order valence-electron chi connectivity index (χ1n) is 7.82. The largest absolute Gasteiger partial charge is 0.493 e. The molecule has 0 spiro atoms. The molecular weight excluding hydrogens is 318 g/mol. The minimum atomic E-state index is -3.54. The zero-order chi connectivity index (χ0) is 16.9. The second-order valence-electron chi connectivity index (χ2n) is 5.55. The molecule has 1 aliphatic rings. The second-order valence-corrected chi connectivity index (χ2v) is 7.49. The van der Waals surface area contributed by atoms with Crippen molar-refractivity contribution in [2.45, 2.75) is 24.7 Å². The van der Waals surface area contributed by atoms with E-state index >= 15 is 0 Å². The van der Waals surface area contributed by atoms with E-state index in [0.717, 1.165) is 12.8 Å². The Morgan fingerprint density at radius 1 is 1.22 bits per heavy atom. The minimum Gasteiger partial charge on any atom is -0.493 e. The van der Waals surface area contributed by atoms with Gasteiger partial charge in [-0.1, -0.05) is 0 Å². The molecule has 0 aromatic heterocycles. The maximum atomic E-state index is 12.9. The van der Waals surface area contributed by atoms with Crippen molar-refractivity contribution in [3.63, 3.8) is 0 Å². The monoisotopic (exact) mass is 343 g/mol. The van der Waals surface area contributed by atoms with Gasteiger partial charge in [-0.05, 0) is 37.8 Å². The smallest absolute Gasteiger partial charge is 0.243 e. The molecule has 1 atom stereocenters. The number of nitrogens with zero attached hydrogens (tertiary/aromatic N) is 1. The Balaban J connectivity index is 2.20. The molecule has 7 heteroatoms. The lowest BCUT2D eigenvalue weighted by Gasteiger charge is -2.31. The molecule has 1 unspecified atom stereocenters. The third-order valence-corrected chi connectivity index (χ3v) is 5.89. The highest BCUT2D eigenvalue weighted by atomic mass is 32.2. The van der Waals surface area contributed by atoms with Crippen molar-refractivity contribution in [2.24, 2.45) is 5.92 Å². The fourth-order valence-corrected chi connectivity index (χ4v) is 4.36. The average Bonchev–Trinajstić information content (AvgIpc) is 2.59. The van der Waals surface area contributed by atoms with E-state index in [4.69, 9.17) is 14.2 Å². The van der Waals surface area contributed by atoms with Crippen molar-refractivity contribution in [3.05, 3.63) is 18.2 Å². The number of hydrogen-bond acceptors (Lipinski definition) is 5. The summed E-state index contributed by atoms with van der Waals surface area (Å²) in [5.74, 6) is 1.18. The summed E-state index contributed by atoms with van der Waals surface area (Å²) in [4.78, 5) is 0.229. The van der Waals surface area contributed by atoms with Crippen molar-refractivity contribution in [3.8, 4) is 11.5 Å². The van der Waals surface area contributed by atoms with Crippen molar-refractivity contribution in [1.82, 2.24) is 4.31 Å². The highest BCUT2D eigenvalue weighted by Crippen LogP contribution is 2.32. The molecule has 2 rings (SSSR count). The average molecular weight is 343 g/mol. The molecule has 1 fully saturated rings. The van der Waals surface area contributed by atoms with E-state index in [1.54, 1.807) is 16.4 Å². The number of rotatable bonds is 7. The summed E-state index contributed by atoms with van der Waals surface area (Å²) in [7, 11) is -0.519. The molecule has 1 aromatic rings. The molecule has 0 bridgehead atoms. The maximum absolute atomic E-state index is 12.9. The van der Waals surface area contributed by atoms with Gasteiger partial charge < -0.3 is 14.2 Å².